The second-order valence-electron chi connectivity index (χ2n) is 4.35. The van der Waals surface area contributed by atoms with Crippen LogP contribution in [0.25, 0.3) is 0 Å². The topological polar surface area (TPSA) is 29.5 Å². The van der Waals surface area contributed by atoms with Crippen LogP contribution in [0.15, 0.2) is 36.9 Å². The molecular weight excluding hydrogens is 200 g/mol. The van der Waals surface area contributed by atoms with Crippen molar-refractivity contribution < 1.29 is 9.84 Å². The third kappa shape index (κ3) is 4.07. The molecule has 0 amide bonds. The Hall–Kier alpha value is -1.28. The molecule has 88 valence electrons. The van der Waals surface area contributed by atoms with Gasteiger partial charge >= 0.3 is 0 Å². The Morgan fingerprint density at radius 2 is 2.25 bits per heavy atom. The van der Waals surface area contributed by atoms with Crippen LogP contribution in [0.1, 0.15) is 25.3 Å². The summed E-state index contributed by atoms with van der Waals surface area (Å²) in [7, 11) is 1.65. The number of hydrogen-bond donors (Lipinski definition) is 1. The standard InChI is InChI=1S/C14H20O2/c1-4-5-9-14(2,15)11-12-7-6-8-13(10-12)16-3/h4,6-8,10,15H,1,5,9,11H2,2-3H3. The van der Waals surface area contributed by atoms with Crippen LogP contribution in [0.4, 0.5) is 0 Å². The molecule has 0 radical (unpaired) electrons. The van der Waals surface area contributed by atoms with Crippen molar-refractivity contribution in [1.29, 1.82) is 0 Å². The van der Waals surface area contributed by atoms with E-state index in [0.29, 0.717) is 6.42 Å². The third-order valence-electron chi connectivity index (χ3n) is 2.61. The van der Waals surface area contributed by atoms with Gasteiger partial charge in [0.2, 0.25) is 0 Å². The van der Waals surface area contributed by atoms with E-state index in [1.807, 2.05) is 37.3 Å². The Bertz CT molecular complexity index is 342. The predicted octanol–water partition coefficient (Wildman–Crippen LogP) is 2.95. The molecule has 0 saturated heterocycles. The number of methoxy groups -OCH3 is 1. The van der Waals surface area contributed by atoms with Crippen LogP contribution in [-0.2, 0) is 6.42 Å². The summed E-state index contributed by atoms with van der Waals surface area (Å²) in [5.74, 6) is 0.831. The van der Waals surface area contributed by atoms with Crippen molar-refractivity contribution in [3.05, 3.63) is 42.5 Å². The Morgan fingerprint density at radius 1 is 1.50 bits per heavy atom. The monoisotopic (exact) mass is 220 g/mol. The average Bonchev–Trinajstić information content (AvgIpc) is 2.26. The first-order chi connectivity index (χ1) is 7.57. The molecular formula is C14H20O2. The average molecular weight is 220 g/mol. The van der Waals surface area contributed by atoms with Crippen molar-refractivity contribution in [2.24, 2.45) is 0 Å². The Labute approximate surface area is 97.6 Å². The zero-order valence-corrected chi connectivity index (χ0v) is 10.1. The summed E-state index contributed by atoms with van der Waals surface area (Å²) in [5.41, 5.74) is 0.411. The van der Waals surface area contributed by atoms with Crippen molar-refractivity contribution >= 4 is 0 Å². The van der Waals surface area contributed by atoms with Gasteiger partial charge in [0.1, 0.15) is 5.75 Å². The summed E-state index contributed by atoms with van der Waals surface area (Å²) in [4.78, 5) is 0. The fourth-order valence-corrected chi connectivity index (χ4v) is 1.72. The van der Waals surface area contributed by atoms with E-state index in [-0.39, 0.29) is 0 Å². The summed E-state index contributed by atoms with van der Waals surface area (Å²) < 4.78 is 5.15. The van der Waals surface area contributed by atoms with E-state index in [0.717, 1.165) is 24.2 Å². The van der Waals surface area contributed by atoms with Gasteiger partial charge < -0.3 is 9.84 Å². The molecule has 1 aromatic rings. The summed E-state index contributed by atoms with van der Waals surface area (Å²) >= 11 is 0. The van der Waals surface area contributed by atoms with Crippen LogP contribution < -0.4 is 4.74 Å². The van der Waals surface area contributed by atoms with Gasteiger partial charge in [-0.25, -0.2) is 0 Å². The van der Waals surface area contributed by atoms with E-state index in [4.69, 9.17) is 4.74 Å². The molecule has 1 atom stereocenters. The first-order valence-electron chi connectivity index (χ1n) is 5.53. The molecule has 16 heavy (non-hydrogen) atoms. The van der Waals surface area contributed by atoms with Gasteiger partial charge in [-0.1, -0.05) is 18.2 Å². The lowest BCUT2D eigenvalue weighted by Gasteiger charge is -2.22. The number of hydrogen-bond acceptors (Lipinski definition) is 2. The molecule has 0 bridgehead atoms. The molecule has 0 saturated carbocycles. The molecule has 1 unspecified atom stereocenters. The van der Waals surface area contributed by atoms with Crippen LogP contribution >= 0.6 is 0 Å². The van der Waals surface area contributed by atoms with Crippen molar-refractivity contribution in [3.8, 4) is 5.75 Å². The number of ether oxygens (including phenoxy) is 1. The number of aliphatic hydroxyl groups is 1. The molecule has 1 N–H and O–H groups in total. The minimum absolute atomic E-state index is 0.637. The summed E-state index contributed by atoms with van der Waals surface area (Å²) in [6.07, 6.45) is 4.03. The molecule has 1 rings (SSSR count). The van der Waals surface area contributed by atoms with Crippen LogP contribution in [0.2, 0.25) is 0 Å². The van der Waals surface area contributed by atoms with Crippen LogP contribution in [-0.4, -0.2) is 17.8 Å². The number of allylic oxidation sites excluding steroid dienone is 1. The van der Waals surface area contributed by atoms with Gasteiger partial charge in [0.05, 0.1) is 12.7 Å². The number of rotatable bonds is 6. The first-order valence-corrected chi connectivity index (χ1v) is 5.53. The third-order valence-corrected chi connectivity index (χ3v) is 2.61. The Morgan fingerprint density at radius 3 is 2.88 bits per heavy atom. The summed E-state index contributed by atoms with van der Waals surface area (Å²) in [6.45, 7) is 5.52. The van der Waals surface area contributed by atoms with Crippen molar-refractivity contribution in [1.82, 2.24) is 0 Å². The molecule has 0 aliphatic rings. The van der Waals surface area contributed by atoms with Gasteiger partial charge in [-0.05, 0) is 37.5 Å². The maximum Gasteiger partial charge on any atom is 0.119 e. The van der Waals surface area contributed by atoms with Crippen molar-refractivity contribution in [2.45, 2.75) is 31.8 Å². The van der Waals surface area contributed by atoms with E-state index in [9.17, 15) is 5.11 Å². The minimum atomic E-state index is -0.680. The number of benzene rings is 1. The van der Waals surface area contributed by atoms with E-state index >= 15 is 0 Å². The second kappa shape index (κ2) is 5.71. The van der Waals surface area contributed by atoms with Crippen molar-refractivity contribution in [3.63, 3.8) is 0 Å². The zero-order chi connectivity index (χ0) is 12.0. The highest BCUT2D eigenvalue weighted by molar-refractivity contribution is 5.29. The highest BCUT2D eigenvalue weighted by Crippen LogP contribution is 2.21. The molecule has 0 aliphatic heterocycles. The molecule has 0 spiro atoms. The van der Waals surface area contributed by atoms with Gasteiger partial charge in [-0.15, -0.1) is 6.58 Å². The molecule has 2 nitrogen and oxygen atoms in total. The van der Waals surface area contributed by atoms with Gasteiger partial charge in [-0.3, -0.25) is 0 Å². The smallest absolute Gasteiger partial charge is 0.119 e. The molecule has 0 aliphatic carbocycles. The first kappa shape index (κ1) is 12.8. The molecule has 1 aromatic carbocycles. The quantitative estimate of drug-likeness (QED) is 0.747. The predicted molar refractivity (Wildman–Crippen MR) is 66.8 cm³/mol. The Balaban J connectivity index is 2.67. The summed E-state index contributed by atoms with van der Waals surface area (Å²) in [5, 5.41) is 10.2. The Kier molecular flexibility index (Phi) is 4.56. The van der Waals surface area contributed by atoms with Gasteiger partial charge in [-0.2, -0.15) is 0 Å². The maximum absolute atomic E-state index is 10.2. The second-order valence-corrected chi connectivity index (χ2v) is 4.35. The molecule has 0 heterocycles. The SMILES string of the molecule is C=CCCC(C)(O)Cc1cccc(OC)c1. The van der Waals surface area contributed by atoms with Crippen LogP contribution in [0, 0.1) is 0 Å². The van der Waals surface area contributed by atoms with E-state index in [1.54, 1.807) is 7.11 Å². The molecule has 2 heteroatoms. The van der Waals surface area contributed by atoms with E-state index in [2.05, 4.69) is 6.58 Å². The maximum atomic E-state index is 10.2. The normalized spacial score (nSPS) is 14.2. The highest BCUT2D eigenvalue weighted by atomic mass is 16.5. The van der Waals surface area contributed by atoms with Gasteiger partial charge in [0.15, 0.2) is 0 Å². The fourth-order valence-electron chi connectivity index (χ4n) is 1.72. The zero-order valence-electron chi connectivity index (χ0n) is 10.1. The van der Waals surface area contributed by atoms with Crippen LogP contribution in [0.3, 0.4) is 0 Å². The van der Waals surface area contributed by atoms with E-state index < -0.39 is 5.60 Å². The summed E-state index contributed by atoms with van der Waals surface area (Å²) in [6, 6.07) is 7.81. The van der Waals surface area contributed by atoms with Crippen LogP contribution in [0.5, 0.6) is 5.75 Å². The minimum Gasteiger partial charge on any atom is -0.497 e. The van der Waals surface area contributed by atoms with Crippen molar-refractivity contribution in [2.75, 3.05) is 7.11 Å². The van der Waals surface area contributed by atoms with Gasteiger partial charge in [0, 0.05) is 6.42 Å². The lowest BCUT2D eigenvalue weighted by molar-refractivity contribution is 0.0523. The molecule has 0 aromatic heterocycles. The lowest BCUT2D eigenvalue weighted by atomic mass is 9.92. The highest BCUT2D eigenvalue weighted by Gasteiger charge is 2.19. The van der Waals surface area contributed by atoms with E-state index in [1.165, 1.54) is 0 Å². The fraction of sp³-hybridized carbons (Fsp3) is 0.429. The van der Waals surface area contributed by atoms with Gasteiger partial charge in [0.25, 0.3) is 0 Å². The largest absolute Gasteiger partial charge is 0.497 e. The lowest BCUT2D eigenvalue weighted by Crippen LogP contribution is -2.26. The molecule has 0 fully saturated rings.